The van der Waals surface area contributed by atoms with Crippen molar-refractivity contribution < 1.29 is 0 Å². The highest BCUT2D eigenvalue weighted by Crippen LogP contribution is 2.37. The van der Waals surface area contributed by atoms with E-state index in [-0.39, 0.29) is 6.04 Å². The fourth-order valence-electron chi connectivity index (χ4n) is 3.24. The van der Waals surface area contributed by atoms with Crippen LogP contribution in [0, 0.1) is 6.92 Å². The minimum Gasteiger partial charge on any atom is -0.314 e. The smallest absolute Gasteiger partial charge is 0.160 e. The average molecular weight is 384 g/mol. The Balaban J connectivity index is 2.27. The number of nitrogens with zero attached hydrogens (tertiary/aromatic N) is 5. The molecule has 3 rings (SSSR count). The fraction of sp³-hybridized carbons (Fsp3) is 0.381. The number of fused-ring (bicyclic) bond motifs is 1. The normalized spacial score (nSPS) is 20.8. The van der Waals surface area contributed by atoms with E-state index in [1.807, 2.05) is 24.5 Å². The molecule has 0 amide bonds. The van der Waals surface area contributed by atoms with Crippen molar-refractivity contribution in [1.29, 1.82) is 0 Å². The molecule has 142 valence electrons. The zero-order valence-electron chi connectivity index (χ0n) is 16.6. The number of hydrogen-bond acceptors (Lipinski definition) is 3. The Labute approximate surface area is 166 Å². The van der Waals surface area contributed by atoms with Crippen molar-refractivity contribution in [2.75, 3.05) is 4.90 Å². The molecule has 2 aromatic rings. The molecule has 27 heavy (non-hydrogen) atoms. The van der Waals surface area contributed by atoms with Crippen LogP contribution >= 0.6 is 11.6 Å². The molecule has 0 aliphatic carbocycles. The third-order valence-corrected chi connectivity index (χ3v) is 5.37. The number of amidine groups is 1. The van der Waals surface area contributed by atoms with Crippen molar-refractivity contribution in [1.82, 2.24) is 14.8 Å². The minimum atomic E-state index is 0.0315. The average Bonchev–Trinajstić information content (AvgIpc) is 3.16. The Bertz CT molecular complexity index is 905. The predicted molar refractivity (Wildman–Crippen MR) is 113 cm³/mol. The molecule has 1 unspecified atom stereocenters. The highest BCUT2D eigenvalue weighted by molar-refractivity contribution is 6.33. The Kier molecular flexibility index (Phi) is 5.80. The monoisotopic (exact) mass is 383 g/mol. The second-order valence-corrected chi connectivity index (χ2v) is 7.08. The van der Waals surface area contributed by atoms with Crippen molar-refractivity contribution in [3.05, 3.63) is 58.8 Å². The topological polar surface area (TPSA) is 46.3 Å². The molecule has 0 N–H and O–H groups in total. The van der Waals surface area contributed by atoms with Crippen LogP contribution < -0.4 is 4.90 Å². The van der Waals surface area contributed by atoms with E-state index < -0.39 is 0 Å². The van der Waals surface area contributed by atoms with Crippen molar-refractivity contribution in [2.24, 2.45) is 4.99 Å². The van der Waals surface area contributed by atoms with Gasteiger partial charge < -0.3 is 4.90 Å². The van der Waals surface area contributed by atoms with E-state index in [1.54, 1.807) is 6.33 Å². The van der Waals surface area contributed by atoms with E-state index >= 15 is 0 Å². The maximum atomic E-state index is 6.55. The van der Waals surface area contributed by atoms with Crippen LogP contribution in [0.25, 0.3) is 5.70 Å². The molecular formula is C21H26ClN5. The van der Waals surface area contributed by atoms with Crippen LogP contribution in [-0.2, 0) is 0 Å². The molecule has 0 radical (unpaired) electrons. The predicted octanol–water partition coefficient (Wildman–Crippen LogP) is 5.70. The number of halogens is 1. The molecule has 0 bridgehead atoms. The van der Waals surface area contributed by atoms with Gasteiger partial charge in [-0.15, -0.1) is 10.2 Å². The van der Waals surface area contributed by atoms with E-state index in [1.165, 1.54) is 5.56 Å². The quantitative estimate of drug-likeness (QED) is 0.636. The first-order valence-electron chi connectivity index (χ1n) is 9.38. The number of aryl methyl sites for hydroxylation is 1. The molecule has 0 spiro atoms. The number of aliphatic imine (C=N–C) groups is 1. The fourth-order valence-corrected chi connectivity index (χ4v) is 3.45. The SMILES string of the molecule is CC=C1C(=NC(Cl)=C(C)CC)N(c2ccc(C)cc2)C(CC)c2nncn21. The molecule has 0 fully saturated rings. The standard InChI is InChI=1S/C21H26ClN5/c1-6-15(5)19(22)24-20-17(7-2)26-13-23-25-21(26)18(8-3)27(20)16-11-9-14(4)10-12-16/h7,9-13,18H,6,8H2,1-5H3. The highest BCUT2D eigenvalue weighted by Gasteiger charge is 2.36. The number of rotatable bonds is 4. The lowest BCUT2D eigenvalue weighted by Crippen LogP contribution is -2.42. The summed E-state index contributed by atoms with van der Waals surface area (Å²) in [6.07, 6.45) is 5.51. The molecule has 2 heterocycles. The second-order valence-electron chi connectivity index (χ2n) is 6.72. The summed E-state index contributed by atoms with van der Waals surface area (Å²) in [4.78, 5) is 7.09. The summed E-state index contributed by atoms with van der Waals surface area (Å²) in [6, 6.07) is 8.50. The molecule has 1 aliphatic rings. The van der Waals surface area contributed by atoms with E-state index in [0.717, 1.165) is 41.5 Å². The molecule has 1 aliphatic heterocycles. The van der Waals surface area contributed by atoms with Crippen LogP contribution in [0.2, 0.25) is 0 Å². The summed E-state index contributed by atoms with van der Waals surface area (Å²) in [6.45, 7) is 10.3. The van der Waals surface area contributed by atoms with Gasteiger partial charge in [0.2, 0.25) is 0 Å². The van der Waals surface area contributed by atoms with Crippen molar-refractivity contribution >= 4 is 28.8 Å². The van der Waals surface area contributed by atoms with Crippen LogP contribution in [0.3, 0.4) is 0 Å². The van der Waals surface area contributed by atoms with Crippen LogP contribution in [-0.4, -0.2) is 20.6 Å². The first kappa shape index (κ1) is 19.4. The van der Waals surface area contributed by atoms with Gasteiger partial charge in [-0.3, -0.25) is 4.57 Å². The van der Waals surface area contributed by atoms with E-state index in [4.69, 9.17) is 16.6 Å². The van der Waals surface area contributed by atoms with Gasteiger partial charge in [0.05, 0.1) is 11.7 Å². The van der Waals surface area contributed by atoms with Crippen LogP contribution in [0.15, 0.2) is 52.4 Å². The zero-order valence-corrected chi connectivity index (χ0v) is 17.3. The molecule has 1 aromatic carbocycles. The lowest BCUT2D eigenvalue weighted by molar-refractivity contribution is 0.614. The van der Waals surface area contributed by atoms with Gasteiger partial charge in [-0.1, -0.05) is 49.2 Å². The Morgan fingerprint density at radius 2 is 1.96 bits per heavy atom. The van der Waals surface area contributed by atoms with Crippen molar-refractivity contribution in [3.63, 3.8) is 0 Å². The summed E-state index contributed by atoms with van der Waals surface area (Å²) in [5.41, 5.74) is 4.28. The molecule has 1 aromatic heterocycles. The third kappa shape index (κ3) is 3.56. The molecule has 5 nitrogen and oxygen atoms in total. The first-order chi connectivity index (χ1) is 13.0. The number of benzene rings is 1. The van der Waals surface area contributed by atoms with Crippen LogP contribution in [0.1, 0.15) is 58.0 Å². The van der Waals surface area contributed by atoms with Crippen LogP contribution in [0.4, 0.5) is 5.69 Å². The van der Waals surface area contributed by atoms with Crippen molar-refractivity contribution in [2.45, 2.75) is 53.5 Å². The number of anilines is 1. The van der Waals surface area contributed by atoms with Gasteiger partial charge in [0.15, 0.2) is 11.7 Å². The minimum absolute atomic E-state index is 0.0315. The first-order valence-corrected chi connectivity index (χ1v) is 9.76. The molecule has 0 saturated heterocycles. The lowest BCUT2D eigenvalue weighted by atomic mass is 10.1. The molecule has 0 saturated carbocycles. The van der Waals surface area contributed by atoms with Gasteiger partial charge in [-0.25, -0.2) is 4.99 Å². The van der Waals surface area contributed by atoms with E-state index in [9.17, 15) is 0 Å². The summed E-state index contributed by atoms with van der Waals surface area (Å²) >= 11 is 6.55. The number of hydrogen-bond donors (Lipinski definition) is 0. The Morgan fingerprint density at radius 1 is 1.26 bits per heavy atom. The lowest BCUT2D eigenvalue weighted by Gasteiger charge is -2.38. The van der Waals surface area contributed by atoms with Gasteiger partial charge in [0.1, 0.15) is 11.5 Å². The summed E-state index contributed by atoms with van der Waals surface area (Å²) in [7, 11) is 0. The van der Waals surface area contributed by atoms with Gasteiger partial charge >= 0.3 is 0 Å². The number of allylic oxidation sites excluding steroid dienone is 2. The molecule has 1 atom stereocenters. The molecule has 6 heteroatoms. The van der Waals surface area contributed by atoms with Gasteiger partial charge in [-0.05, 0) is 51.3 Å². The van der Waals surface area contributed by atoms with Gasteiger partial charge in [0.25, 0.3) is 0 Å². The third-order valence-electron chi connectivity index (χ3n) is 4.96. The van der Waals surface area contributed by atoms with Crippen LogP contribution in [0.5, 0.6) is 0 Å². The summed E-state index contributed by atoms with van der Waals surface area (Å²) in [5, 5.41) is 9.09. The second kappa shape index (κ2) is 8.09. The summed E-state index contributed by atoms with van der Waals surface area (Å²) in [5.74, 6) is 1.73. The zero-order chi connectivity index (χ0) is 19.6. The van der Waals surface area contributed by atoms with Gasteiger partial charge in [0, 0.05) is 5.69 Å². The van der Waals surface area contributed by atoms with E-state index in [2.05, 4.69) is 60.1 Å². The largest absolute Gasteiger partial charge is 0.314 e. The highest BCUT2D eigenvalue weighted by atomic mass is 35.5. The Hall–Kier alpha value is -2.40. The van der Waals surface area contributed by atoms with Crippen molar-refractivity contribution in [3.8, 4) is 0 Å². The van der Waals surface area contributed by atoms with Gasteiger partial charge in [-0.2, -0.15) is 0 Å². The maximum absolute atomic E-state index is 6.55. The number of aromatic nitrogens is 3. The Morgan fingerprint density at radius 3 is 2.56 bits per heavy atom. The summed E-state index contributed by atoms with van der Waals surface area (Å²) < 4.78 is 2.02. The maximum Gasteiger partial charge on any atom is 0.160 e. The molecular weight excluding hydrogens is 358 g/mol. The van der Waals surface area contributed by atoms with E-state index in [0.29, 0.717) is 5.16 Å².